The second kappa shape index (κ2) is 5.03. The number of hydrogen-bond donors (Lipinski definition) is 1. The number of aliphatic hydroxyl groups excluding tert-OH is 1. The number of aliphatic hydroxyl groups is 1. The first-order chi connectivity index (χ1) is 9.31. The molecule has 1 aliphatic heterocycles. The molecule has 98 valence electrons. The predicted molar refractivity (Wildman–Crippen MR) is 72.0 cm³/mol. The van der Waals surface area contributed by atoms with Gasteiger partial charge in [-0.05, 0) is 11.6 Å². The standard InChI is InChI=1S/C16H16O3/c1-18-16-14(17)12-9-5-6-10-13(12)19-15(16)11-7-3-2-4-8-11/h2-10,14-17H,1H3/t14-,15-,16-/m1/s1. The minimum Gasteiger partial charge on any atom is -0.482 e. The van der Waals surface area contributed by atoms with Crippen molar-refractivity contribution in [2.45, 2.75) is 18.3 Å². The highest BCUT2D eigenvalue weighted by Crippen LogP contribution is 2.41. The molecule has 19 heavy (non-hydrogen) atoms. The number of benzene rings is 2. The predicted octanol–water partition coefficient (Wildman–Crippen LogP) is 2.87. The van der Waals surface area contributed by atoms with Gasteiger partial charge in [-0.3, -0.25) is 0 Å². The van der Waals surface area contributed by atoms with E-state index < -0.39 is 12.2 Å². The Morgan fingerprint density at radius 3 is 2.42 bits per heavy atom. The Bertz CT molecular complexity index is 553. The lowest BCUT2D eigenvalue weighted by molar-refractivity contribution is -0.0914. The third-order valence-electron chi connectivity index (χ3n) is 3.50. The Labute approximate surface area is 112 Å². The summed E-state index contributed by atoms with van der Waals surface area (Å²) in [6.45, 7) is 0. The molecule has 1 aliphatic rings. The molecule has 3 atom stereocenters. The van der Waals surface area contributed by atoms with E-state index in [0.29, 0.717) is 0 Å². The van der Waals surface area contributed by atoms with E-state index in [2.05, 4.69) is 0 Å². The van der Waals surface area contributed by atoms with Crippen molar-refractivity contribution >= 4 is 0 Å². The van der Waals surface area contributed by atoms with Crippen molar-refractivity contribution in [3.63, 3.8) is 0 Å². The number of ether oxygens (including phenoxy) is 2. The maximum absolute atomic E-state index is 10.4. The quantitative estimate of drug-likeness (QED) is 0.898. The average Bonchev–Trinajstić information content (AvgIpc) is 2.48. The highest BCUT2D eigenvalue weighted by molar-refractivity contribution is 5.39. The van der Waals surface area contributed by atoms with E-state index in [1.807, 2.05) is 54.6 Å². The molecule has 0 amide bonds. The molecule has 0 saturated carbocycles. The molecule has 3 rings (SSSR count). The van der Waals surface area contributed by atoms with Crippen LogP contribution in [0.15, 0.2) is 54.6 Å². The minimum absolute atomic E-state index is 0.295. The van der Waals surface area contributed by atoms with Crippen molar-refractivity contribution in [1.29, 1.82) is 0 Å². The summed E-state index contributed by atoms with van der Waals surface area (Å²) in [5, 5.41) is 10.4. The Hall–Kier alpha value is -1.84. The molecular weight excluding hydrogens is 240 g/mol. The topological polar surface area (TPSA) is 38.7 Å². The highest BCUT2D eigenvalue weighted by Gasteiger charge is 2.38. The van der Waals surface area contributed by atoms with Crippen molar-refractivity contribution in [3.05, 3.63) is 65.7 Å². The number of rotatable bonds is 2. The zero-order valence-electron chi connectivity index (χ0n) is 10.7. The number of fused-ring (bicyclic) bond motifs is 1. The summed E-state index contributed by atoms with van der Waals surface area (Å²) in [5.74, 6) is 0.720. The molecule has 2 aromatic rings. The maximum Gasteiger partial charge on any atom is 0.153 e. The monoisotopic (exact) mass is 256 g/mol. The second-order valence-electron chi connectivity index (χ2n) is 4.63. The first-order valence-electron chi connectivity index (χ1n) is 6.32. The molecule has 0 aromatic heterocycles. The molecule has 0 radical (unpaired) electrons. The molecule has 1 N–H and O–H groups in total. The molecule has 0 bridgehead atoms. The van der Waals surface area contributed by atoms with Gasteiger partial charge < -0.3 is 14.6 Å². The molecule has 3 heteroatoms. The summed E-state index contributed by atoms with van der Waals surface area (Å²) in [4.78, 5) is 0. The van der Waals surface area contributed by atoms with Crippen LogP contribution in [-0.4, -0.2) is 18.3 Å². The van der Waals surface area contributed by atoms with E-state index in [0.717, 1.165) is 16.9 Å². The van der Waals surface area contributed by atoms with Crippen LogP contribution >= 0.6 is 0 Å². The van der Waals surface area contributed by atoms with Gasteiger partial charge in [-0.1, -0.05) is 48.5 Å². The Balaban J connectivity index is 2.03. The zero-order chi connectivity index (χ0) is 13.2. The molecule has 3 nitrogen and oxygen atoms in total. The van der Waals surface area contributed by atoms with Gasteiger partial charge in [0.1, 0.15) is 18.0 Å². The van der Waals surface area contributed by atoms with Crippen molar-refractivity contribution in [1.82, 2.24) is 0 Å². The van der Waals surface area contributed by atoms with Crippen molar-refractivity contribution in [2.24, 2.45) is 0 Å². The van der Waals surface area contributed by atoms with Gasteiger partial charge in [-0.25, -0.2) is 0 Å². The van der Waals surface area contributed by atoms with Crippen LogP contribution < -0.4 is 4.74 Å². The highest BCUT2D eigenvalue weighted by atomic mass is 16.5. The minimum atomic E-state index is -0.680. The van der Waals surface area contributed by atoms with E-state index in [-0.39, 0.29) is 6.10 Å². The van der Waals surface area contributed by atoms with Crippen LogP contribution in [-0.2, 0) is 4.74 Å². The first kappa shape index (κ1) is 12.2. The van der Waals surface area contributed by atoms with Gasteiger partial charge in [0.15, 0.2) is 6.10 Å². The van der Waals surface area contributed by atoms with E-state index >= 15 is 0 Å². The number of hydrogen-bond acceptors (Lipinski definition) is 3. The van der Waals surface area contributed by atoms with Gasteiger partial charge in [0, 0.05) is 12.7 Å². The average molecular weight is 256 g/mol. The van der Waals surface area contributed by atoms with Crippen LogP contribution in [0.1, 0.15) is 23.3 Å². The normalized spacial score (nSPS) is 25.5. The lowest BCUT2D eigenvalue weighted by Crippen LogP contribution is -2.35. The number of para-hydroxylation sites is 1. The van der Waals surface area contributed by atoms with Gasteiger partial charge in [-0.2, -0.15) is 0 Å². The number of methoxy groups -OCH3 is 1. The third kappa shape index (κ3) is 2.11. The van der Waals surface area contributed by atoms with Gasteiger partial charge >= 0.3 is 0 Å². The molecule has 1 heterocycles. The fourth-order valence-corrected chi connectivity index (χ4v) is 2.53. The molecule has 0 fully saturated rings. The maximum atomic E-state index is 10.4. The molecule has 0 saturated heterocycles. The molecule has 0 unspecified atom stereocenters. The summed E-state index contributed by atoms with van der Waals surface area (Å²) >= 11 is 0. The summed E-state index contributed by atoms with van der Waals surface area (Å²) < 4.78 is 11.5. The smallest absolute Gasteiger partial charge is 0.153 e. The van der Waals surface area contributed by atoms with Crippen LogP contribution in [0.2, 0.25) is 0 Å². The van der Waals surface area contributed by atoms with Crippen molar-refractivity contribution in [2.75, 3.05) is 7.11 Å². The van der Waals surface area contributed by atoms with Crippen LogP contribution in [0.4, 0.5) is 0 Å². The first-order valence-corrected chi connectivity index (χ1v) is 6.32. The van der Waals surface area contributed by atoms with Crippen LogP contribution in [0, 0.1) is 0 Å². The SMILES string of the molecule is CO[C@@H]1[C@H](O)c2ccccc2O[C@@H]1c1ccccc1. The molecular formula is C16H16O3. The van der Waals surface area contributed by atoms with Crippen molar-refractivity contribution in [3.8, 4) is 5.75 Å². The van der Waals surface area contributed by atoms with Crippen LogP contribution in [0.5, 0.6) is 5.75 Å². The summed E-state index contributed by atoms with van der Waals surface area (Å²) in [5.41, 5.74) is 1.78. The van der Waals surface area contributed by atoms with E-state index in [1.165, 1.54) is 0 Å². The molecule has 2 aromatic carbocycles. The van der Waals surface area contributed by atoms with Gasteiger partial charge in [-0.15, -0.1) is 0 Å². The Morgan fingerprint density at radius 2 is 1.68 bits per heavy atom. The summed E-state index contributed by atoms with van der Waals surface area (Å²) in [7, 11) is 1.60. The lowest BCUT2D eigenvalue weighted by Gasteiger charge is -2.36. The fourth-order valence-electron chi connectivity index (χ4n) is 2.53. The van der Waals surface area contributed by atoms with Crippen LogP contribution in [0.25, 0.3) is 0 Å². The summed E-state index contributed by atoms with van der Waals surface area (Å²) in [6.07, 6.45) is -1.38. The Morgan fingerprint density at radius 1 is 1.00 bits per heavy atom. The zero-order valence-corrected chi connectivity index (χ0v) is 10.7. The van der Waals surface area contributed by atoms with E-state index in [9.17, 15) is 5.11 Å². The lowest BCUT2D eigenvalue weighted by atomic mass is 9.92. The third-order valence-corrected chi connectivity index (χ3v) is 3.50. The molecule has 0 aliphatic carbocycles. The summed E-state index contributed by atoms with van der Waals surface area (Å²) in [6, 6.07) is 17.4. The van der Waals surface area contributed by atoms with Crippen molar-refractivity contribution < 1.29 is 14.6 Å². The van der Waals surface area contributed by atoms with Gasteiger partial charge in [0.05, 0.1) is 0 Å². The molecule has 0 spiro atoms. The largest absolute Gasteiger partial charge is 0.482 e. The van der Waals surface area contributed by atoms with E-state index in [4.69, 9.17) is 9.47 Å². The van der Waals surface area contributed by atoms with Gasteiger partial charge in [0.2, 0.25) is 0 Å². The fraction of sp³-hybridized carbons (Fsp3) is 0.250. The van der Waals surface area contributed by atoms with Gasteiger partial charge in [0.25, 0.3) is 0 Å². The second-order valence-corrected chi connectivity index (χ2v) is 4.63. The van der Waals surface area contributed by atoms with E-state index in [1.54, 1.807) is 7.11 Å². The Kier molecular flexibility index (Phi) is 3.23. The van der Waals surface area contributed by atoms with Crippen LogP contribution in [0.3, 0.4) is 0 Å².